The predicted molar refractivity (Wildman–Crippen MR) is 352 cm³/mol. The van der Waals surface area contributed by atoms with Gasteiger partial charge in [-0.15, -0.1) is 0 Å². The van der Waals surface area contributed by atoms with E-state index in [0.29, 0.717) is 26.4 Å². The van der Waals surface area contributed by atoms with Crippen molar-refractivity contribution < 1.29 is 104 Å². The largest absolute Gasteiger partial charge is 1.00 e. The van der Waals surface area contributed by atoms with Crippen LogP contribution in [-0.2, 0) is 0 Å². The molecule has 7 aromatic rings. The Morgan fingerprint density at radius 1 is 0.299 bits per heavy atom. The molecule has 0 saturated heterocycles. The van der Waals surface area contributed by atoms with E-state index in [2.05, 4.69) is 226 Å². The monoisotopic (exact) mass is 1510 g/mol. The van der Waals surface area contributed by atoms with Crippen LogP contribution in [0.15, 0.2) is 121 Å². The minimum absolute atomic E-state index is 0. The average molecular weight is 1510 g/mol. The van der Waals surface area contributed by atoms with Gasteiger partial charge in [-0.2, -0.15) is 0 Å². The Hall–Kier alpha value is -5.25. The van der Waals surface area contributed by atoms with Crippen LogP contribution in [0.2, 0.25) is 0 Å². The third-order valence-electron chi connectivity index (χ3n) is 15.6. The maximum absolute atomic E-state index is 6.36. The fourth-order valence-electron chi connectivity index (χ4n) is 11.1. The molecule has 0 atom stereocenters. The van der Waals surface area contributed by atoms with E-state index in [1.165, 1.54) is 51.4 Å². The number of aromatic amines is 2. The second-order valence-corrected chi connectivity index (χ2v) is 25.9. The lowest BCUT2D eigenvalue weighted by atomic mass is 10.0. The van der Waals surface area contributed by atoms with Gasteiger partial charge >= 0.3 is 0 Å². The molecule has 87 heavy (non-hydrogen) atoms. The molecule has 2 aliphatic heterocycles. The third-order valence-corrected chi connectivity index (χ3v) is 15.6. The molecule has 0 amide bonds. The van der Waals surface area contributed by atoms with Gasteiger partial charge in [-0.1, -0.05) is 107 Å². The van der Waals surface area contributed by atoms with Crippen LogP contribution < -0.4 is 90.9 Å². The Morgan fingerprint density at radius 3 is 0.862 bits per heavy atom. The van der Waals surface area contributed by atoms with Crippen LogP contribution in [0.5, 0.6) is 23.0 Å². The van der Waals surface area contributed by atoms with Gasteiger partial charge in [0.2, 0.25) is 0 Å². The van der Waals surface area contributed by atoms with Crippen molar-refractivity contribution in [3.63, 3.8) is 0 Å². The lowest BCUT2D eigenvalue weighted by Crippen LogP contribution is -3.00. The summed E-state index contributed by atoms with van der Waals surface area (Å²) in [4.78, 5) is 19.1. The van der Waals surface area contributed by atoms with Crippen LogP contribution in [0.1, 0.15) is 107 Å². The fourth-order valence-corrected chi connectivity index (χ4v) is 11.1. The lowest BCUT2D eigenvalue weighted by molar-refractivity contribution is -0.870. The Morgan fingerprint density at radius 2 is 0.552 bits per heavy atom. The van der Waals surface area contributed by atoms with E-state index in [0.717, 1.165) is 171 Å². The maximum atomic E-state index is 6.36. The number of hydrogen-bond donors (Lipinski definition) is 2. The molecular formula is C73H94I3N7O4. The number of nitrogens with one attached hydrogen (secondary N) is 2. The van der Waals surface area contributed by atoms with Gasteiger partial charge in [-0.05, 0) is 126 Å². The van der Waals surface area contributed by atoms with Crippen LogP contribution in [0.3, 0.4) is 0 Å². The van der Waals surface area contributed by atoms with E-state index in [4.69, 9.17) is 28.9 Å². The van der Waals surface area contributed by atoms with E-state index in [-0.39, 0.29) is 71.9 Å². The highest BCUT2D eigenvalue weighted by molar-refractivity contribution is 6.00. The molecule has 9 rings (SSSR count). The summed E-state index contributed by atoms with van der Waals surface area (Å²) in [5, 5.41) is 0. The van der Waals surface area contributed by atoms with Crippen molar-refractivity contribution in [2.75, 3.05) is 109 Å². The Kier molecular flexibility index (Phi) is 27.3. The molecule has 5 heterocycles. The third kappa shape index (κ3) is 20.9. The zero-order valence-electron chi connectivity index (χ0n) is 53.3. The standard InChI is InChI=1S/C73H94N7O4.3HI/c1-11-12-13-14-15-16-17-18-19-50-81-58-31-23-54(24-32-58)70-62-39-41-64(74-62)71(55-25-33-59(34-26-55)82-51-20-47-78(2,3)4)66-43-45-68(76-66)73(57-29-37-61(38-30-57)84-53-22-49-80(8,9)10)69-46-44-67(77-69)72(65-42-40-63(70)75-65)56-27-35-60(36-28-56)83-52-21-48-79(5,6)7;;;/h23-46,76-77H,11-22,47-53H2,1-10H3;3*1H/q+3;;;/p-3. The number of halogens is 3. The molecule has 11 nitrogen and oxygen atoms in total. The van der Waals surface area contributed by atoms with Crippen molar-refractivity contribution in [2.24, 2.45) is 0 Å². The number of unbranched alkanes of at least 4 members (excludes halogenated alkanes) is 8. The summed E-state index contributed by atoms with van der Waals surface area (Å²) in [6.07, 6.45) is 23.0. The summed E-state index contributed by atoms with van der Waals surface area (Å²) >= 11 is 0. The molecule has 8 bridgehead atoms. The topological polar surface area (TPSA) is 94.3 Å². The first kappa shape index (κ1) is 70.8. The molecule has 0 unspecified atom stereocenters. The van der Waals surface area contributed by atoms with Crippen LogP contribution >= 0.6 is 0 Å². The molecule has 4 aromatic carbocycles. The van der Waals surface area contributed by atoms with Crippen molar-refractivity contribution in [1.29, 1.82) is 0 Å². The van der Waals surface area contributed by atoms with Gasteiger partial charge in [0.25, 0.3) is 0 Å². The SMILES string of the molecule is CCCCCCCCCCCOc1ccc(-c2c3nc(c(-c4ccc(OCCC[N+](C)(C)C)cc4)c4ccc([nH]4)c(-c4ccc(OCCC[N+](C)(C)C)cc4)c4ccc([nH]4)c(-c4ccc(OCCC[N+](C)(C)C)cc4)c4nc2C=C4)C=C3)cc1.[I-].[I-].[I-]. The molecule has 0 spiro atoms. The van der Waals surface area contributed by atoms with Crippen molar-refractivity contribution >= 4 is 46.4 Å². The number of quaternary nitrogens is 3. The van der Waals surface area contributed by atoms with Gasteiger partial charge in [0, 0.05) is 63.6 Å². The minimum atomic E-state index is 0. The molecule has 0 fully saturated rings. The molecule has 2 aliphatic rings. The van der Waals surface area contributed by atoms with Crippen molar-refractivity contribution in [1.82, 2.24) is 19.9 Å². The van der Waals surface area contributed by atoms with Crippen molar-refractivity contribution in [2.45, 2.75) is 84.0 Å². The van der Waals surface area contributed by atoms with E-state index in [1.54, 1.807) is 0 Å². The minimum Gasteiger partial charge on any atom is -1.00 e. The molecule has 3 aromatic heterocycles. The summed E-state index contributed by atoms with van der Waals surface area (Å²) < 4.78 is 28.0. The van der Waals surface area contributed by atoms with E-state index < -0.39 is 0 Å². The zero-order valence-corrected chi connectivity index (χ0v) is 59.8. The Labute approximate surface area is 570 Å². The number of H-pyrrole nitrogens is 2. The lowest BCUT2D eigenvalue weighted by Gasteiger charge is -2.23. The van der Waals surface area contributed by atoms with Gasteiger partial charge in [-0.3, -0.25) is 0 Å². The van der Waals surface area contributed by atoms with Crippen LogP contribution in [0.4, 0.5) is 0 Å². The molecule has 0 radical (unpaired) electrons. The first-order chi connectivity index (χ1) is 40.5. The zero-order chi connectivity index (χ0) is 59.1. The maximum Gasteiger partial charge on any atom is 0.119 e. The fraction of sp³-hybridized carbons (Fsp3) is 0.397. The van der Waals surface area contributed by atoms with E-state index >= 15 is 0 Å². The smallest absolute Gasteiger partial charge is 0.119 e. The molecule has 0 saturated carbocycles. The van der Waals surface area contributed by atoms with Crippen LogP contribution in [-0.4, -0.2) is 143 Å². The number of ether oxygens (including phenoxy) is 4. The number of nitrogens with zero attached hydrogens (tertiary/aromatic N) is 5. The van der Waals surface area contributed by atoms with Crippen LogP contribution in [0, 0.1) is 0 Å². The normalized spacial score (nSPS) is 12.1. The Balaban J connectivity index is 0.00000403. The number of fused-ring (bicyclic) bond motifs is 8. The summed E-state index contributed by atoms with van der Waals surface area (Å²) in [6.45, 7) is 8.06. The van der Waals surface area contributed by atoms with Gasteiger partial charge < -0.3 is 114 Å². The first-order valence-electron chi connectivity index (χ1n) is 31.0. The highest BCUT2D eigenvalue weighted by atomic mass is 127. The van der Waals surface area contributed by atoms with Crippen LogP contribution in [0.25, 0.3) is 90.9 Å². The second-order valence-electron chi connectivity index (χ2n) is 25.9. The number of aromatic nitrogens is 4. The predicted octanol–water partition coefficient (Wildman–Crippen LogP) is 7.67. The quantitative estimate of drug-likeness (QED) is 0.0273. The van der Waals surface area contributed by atoms with Crippen molar-refractivity contribution in [3.05, 3.63) is 144 Å². The summed E-state index contributed by atoms with van der Waals surface area (Å²) in [6, 6.07) is 42.7. The first-order valence-corrected chi connectivity index (χ1v) is 31.0. The van der Waals surface area contributed by atoms with Crippen molar-refractivity contribution in [3.8, 4) is 67.5 Å². The molecule has 2 N–H and O–H groups in total. The summed E-state index contributed by atoms with van der Waals surface area (Å²) in [5.41, 5.74) is 15.1. The number of benzene rings is 4. The van der Waals surface area contributed by atoms with Gasteiger partial charge in [0.1, 0.15) is 23.0 Å². The second kappa shape index (κ2) is 33.5. The summed E-state index contributed by atoms with van der Waals surface area (Å²) in [5.74, 6) is 3.40. The average Bonchev–Trinajstić information content (AvgIpc) is 1.73. The van der Waals surface area contributed by atoms with Gasteiger partial charge in [0.05, 0.1) is 132 Å². The highest BCUT2D eigenvalue weighted by Crippen LogP contribution is 2.40. The number of rotatable bonds is 30. The highest BCUT2D eigenvalue weighted by Gasteiger charge is 2.21. The molecule has 466 valence electrons. The summed E-state index contributed by atoms with van der Waals surface area (Å²) in [7, 11) is 19.9. The van der Waals surface area contributed by atoms with E-state index in [9.17, 15) is 0 Å². The van der Waals surface area contributed by atoms with Gasteiger partial charge in [-0.25, -0.2) is 9.97 Å². The molecule has 14 heteroatoms. The molecule has 0 aliphatic carbocycles. The van der Waals surface area contributed by atoms with Gasteiger partial charge in [0.15, 0.2) is 0 Å². The molecular weight excluding hydrogens is 1420 g/mol. The number of hydrogen-bond acceptors (Lipinski definition) is 6. The van der Waals surface area contributed by atoms with E-state index in [1.807, 2.05) is 0 Å². The Bertz CT molecular complexity index is 3340.